The molecule has 0 radical (unpaired) electrons. The van der Waals surface area contributed by atoms with E-state index < -0.39 is 0 Å². The zero-order valence-corrected chi connectivity index (χ0v) is 7.42. The summed E-state index contributed by atoms with van der Waals surface area (Å²) in [5.41, 5.74) is 6.25. The second-order valence-corrected chi connectivity index (χ2v) is 2.74. The highest BCUT2D eigenvalue weighted by Gasteiger charge is 1.97. The Morgan fingerprint density at radius 2 is 2.07 bits per heavy atom. The highest BCUT2D eigenvalue weighted by Crippen LogP contribution is 2.20. The maximum atomic E-state index is 5.60. The van der Waals surface area contributed by atoms with Gasteiger partial charge in [0.25, 0.3) is 0 Å². The summed E-state index contributed by atoms with van der Waals surface area (Å²) in [4.78, 5) is 0. The van der Waals surface area contributed by atoms with Crippen LogP contribution in [0.1, 0.15) is 0 Å². The lowest BCUT2D eigenvalue weighted by Crippen LogP contribution is -1.90. The Morgan fingerprint density at radius 1 is 1.14 bits per heavy atom. The second kappa shape index (κ2) is 3.74. The zero-order valence-electron chi connectivity index (χ0n) is 7.42. The standard InChI is InChI=1S/C10H9N3O/c11-8-3-1-4-9(7-8)14-10-5-2-6-12-13-10/h1-7H,11H2. The Balaban J connectivity index is 2.19. The van der Waals surface area contributed by atoms with E-state index >= 15 is 0 Å². The number of hydrogen-bond acceptors (Lipinski definition) is 4. The van der Waals surface area contributed by atoms with Gasteiger partial charge in [0.15, 0.2) is 0 Å². The highest BCUT2D eigenvalue weighted by atomic mass is 16.5. The van der Waals surface area contributed by atoms with Gasteiger partial charge in [-0.2, -0.15) is 5.10 Å². The maximum absolute atomic E-state index is 5.60. The molecule has 1 aromatic heterocycles. The number of aromatic nitrogens is 2. The molecule has 0 saturated carbocycles. The minimum absolute atomic E-state index is 0.457. The second-order valence-electron chi connectivity index (χ2n) is 2.74. The molecular formula is C10H9N3O. The lowest BCUT2D eigenvalue weighted by molar-refractivity contribution is 0.455. The Labute approximate surface area is 81.3 Å². The Bertz CT molecular complexity index is 417. The van der Waals surface area contributed by atoms with Crippen LogP contribution in [-0.2, 0) is 0 Å². The van der Waals surface area contributed by atoms with Gasteiger partial charge in [0, 0.05) is 24.0 Å². The smallest absolute Gasteiger partial charge is 0.238 e. The molecule has 0 amide bonds. The van der Waals surface area contributed by atoms with Crippen LogP contribution in [0.4, 0.5) is 5.69 Å². The molecule has 2 rings (SSSR count). The van der Waals surface area contributed by atoms with Crippen molar-refractivity contribution in [1.82, 2.24) is 10.2 Å². The molecule has 0 aliphatic heterocycles. The number of nitrogen functional groups attached to an aromatic ring is 1. The van der Waals surface area contributed by atoms with Crippen molar-refractivity contribution in [2.45, 2.75) is 0 Å². The fourth-order valence-electron chi connectivity index (χ4n) is 1.04. The molecular weight excluding hydrogens is 178 g/mol. The SMILES string of the molecule is Nc1cccc(Oc2cccnn2)c1. The normalized spacial score (nSPS) is 9.71. The van der Waals surface area contributed by atoms with E-state index in [9.17, 15) is 0 Å². The van der Waals surface area contributed by atoms with Gasteiger partial charge in [-0.1, -0.05) is 6.07 Å². The molecule has 1 aromatic carbocycles. The summed E-state index contributed by atoms with van der Waals surface area (Å²) >= 11 is 0. The fraction of sp³-hybridized carbons (Fsp3) is 0. The topological polar surface area (TPSA) is 61.0 Å². The van der Waals surface area contributed by atoms with Gasteiger partial charge >= 0.3 is 0 Å². The van der Waals surface area contributed by atoms with Crippen molar-refractivity contribution in [3.05, 3.63) is 42.6 Å². The summed E-state index contributed by atoms with van der Waals surface area (Å²) in [5, 5.41) is 7.49. The lowest BCUT2D eigenvalue weighted by Gasteiger charge is -2.03. The van der Waals surface area contributed by atoms with Gasteiger partial charge in [-0.25, -0.2) is 0 Å². The molecule has 0 unspecified atom stereocenters. The molecule has 0 aliphatic rings. The lowest BCUT2D eigenvalue weighted by atomic mass is 10.3. The van der Waals surface area contributed by atoms with Crippen LogP contribution in [0.5, 0.6) is 11.6 Å². The average Bonchev–Trinajstić information content (AvgIpc) is 2.19. The summed E-state index contributed by atoms with van der Waals surface area (Å²) in [7, 11) is 0. The van der Waals surface area contributed by atoms with E-state index in [2.05, 4.69) is 10.2 Å². The Hall–Kier alpha value is -2.10. The van der Waals surface area contributed by atoms with Gasteiger partial charge in [0.1, 0.15) is 5.75 Å². The van der Waals surface area contributed by atoms with E-state index in [1.54, 1.807) is 30.5 Å². The van der Waals surface area contributed by atoms with Gasteiger partial charge in [0.2, 0.25) is 5.88 Å². The van der Waals surface area contributed by atoms with Crippen LogP contribution in [0, 0.1) is 0 Å². The first kappa shape index (κ1) is 8.50. The summed E-state index contributed by atoms with van der Waals surface area (Å²) in [5.74, 6) is 1.11. The molecule has 0 spiro atoms. The molecule has 0 atom stereocenters. The molecule has 0 fully saturated rings. The monoisotopic (exact) mass is 187 g/mol. The minimum Gasteiger partial charge on any atom is -0.437 e. The molecule has 0 bridgehead atoms. The number of nitrogens with zero attached hydrogens (tertiary/aromatic N) is 2. The predicted octanol–water partition coefficient (Wildman–Crippen LogP) is 1.85. The molecule has 1 heterocycles. The van der Waals surface area contributed by atoms with Crippen molar-refractivity contribution in [3.63, 3.8) is 0 Å². The minimum atomic E-state index is 0.457. The van der Waals surface area contributed by atoms with Crippen molar-refractivity contribution in [3.8, 4) is 11.6 Å². The molecule has 2 N–H and O–H groups in total. The number of nitrogens with two attached hydrogens (primary N) is 1. The average molecular weight is 187 g/mol. The number of rotatable bonds is 2. The van der Waals surface area contributed by atoms with Crippen LogP contribution in [0.25, 0.3) is 0 Å². The summed E-state index contributed by atoms with van der Waals surface area (Å²) < 4.78 is 5.41. The first-order chi connectivity index (χ1) is 6.84. The van der Waals surface area contributed by atoms with Gasteiger partial charge < -0.3 is 10.5 Å². The fourth-order valence-corrected chi connectivity index (χ4v) is 1.04. The molecule has 4 heteroatoms. The van der Waals surface area contributed by atoms with Crippen molar-refractivity contribution in [1.29, 1.82) is 0 Å². The van der Waals surface area contributed by atoms with Gasteiger partial charge in [-0.05, 0) is 18.2 Å². The summed E-state index contributed by atoms with van der Waals surface area (Å²) in [6.45, 7) is 0. The molecule has 14 heavy (non-hydrogen) atoms. The number of hydrogen-bond donors (Lipinski definition) is 1. The molecule has 2 aromatic rings. The predicted molar refractivity (Wildman–Crippen MR) is 53.0 cm³/mol. The third-order valence-corrected chi connectivity index (χ3v) is 1.63. The Kier molecular flexibility index (Phi) is 2.27. The number of ether oxygens (including phenoxy) is 1. The van der Waals surface area contributed by atoms with Crippen LogP contribution in [0.15, 0.2) is 42.6 Å². The van der Waals surface area contributed by atoms with Crippen LogP contribution >= 0.6 is 0 Å². The van der Waals surface area contributed by atoms with Crippen LogP contribution in [-0.4, -0.2) is 10.2 Å². The van der Waals surface area contributed by atoms with Crippen LogP contribution in [0.2, 0.25) is 0 Å². The highest BCUT2D eigenvalue weighted by molar-refractivity contribution is 5.44. The van der Waals surface area contributed by atoms with E-state index in [0.29, 0.717) is 17.3 Å². The summed E-state index contributed by atoms with van der Waals surface area (Å²) in [6, 6.07) is 10.6. The molecule has 4 nitrogen and oxygen atoms in total. The van der Waals surface area contributed by atoms with Crippen molar-refractivity contribution in [2.24, 2.45) is 0 Å². The first-order valence-electron chi connectivity index (χ1n) is 4.16. The third kappa shape index (κ3) is 1.98. The maximum Gasteiger partial charge on any atom is 0.238 e. The molecule has 0 saturated heterocycles. The van der Waals surface area contributed by atoms with Crippen LogP contribution < -0.4 is 10.5 Å². The third-order valence-electron chi connectivity index (χ3n) is 1.63. The molecule has 0 aliphatic carbocycles. The van der Waals surface area contributed by atoms with Crippen molar-refractivity contribution in [2.75, 3.05) is 5.73 Å². The zero-order chi connectivity index (χ0) is 9.80. The van der Waals surface area contributed by atoms with Gasteiger partial charge in [0.05, 0.1) is 0 Å². The van der Waals surface area contributed by atoms with E-state index in [4.69, 9.17) is 10.5 Å². The van der Waals surface area contributed by atoms with E-state index in [-0.39, 0.29) is 0 Å². The van der Waals surface area contributed by atoms with Crippen molar-refractivity contribution >= 4 is 5.69 Å². The van der Waals surface area contributed by atoms with E-state index in [1.165, 1.54) is 0 Å². The molecule has 70 valence electrons. The Morgan fingerprint density at radius 3 is 2.79 bits per heavy atom. The quantitative estimate of drug-likeness (QED) is 0.729. The van der Waals surface area contributed by atoms with Gasteiger partial charge in [-0.3, -0.25) is 0 Å². The van der Waals surface area contributed by atoms with E-state index in [0.717, 1.165) is 0 Å². The van der Waals surface area contributed by atoms with E-state index in [1.807, 2.05) is 12.1 Å². The number of anilines is 1. The van der Waals surface area contributed by atoms with Gasteiger partial charge in [-0.15, -0.1) is 5.10 Å². The van der Waals surface area contributed by atoms with Crippen molar-refractivity contribution < 1.29 is 4.74 Å². The largest absolute Gasteiger partial charge is 0.437 e. The number of benzene rings is 1. The van der Waals surface area contributed by atoms with Crippen LogP contribution in [0.3, 0.4) is 0 Å². The first-order valence-corrected chi connectivity index (χ1v) is 4.16. The summed E-state index contributed by atoms with van der Waals surface area (Å²) in [6.07, 6.45) is 1.59.